The minimum atomic E-state index is -0.0220. The minimum Gasteiger partial charge on any atom is -0.486 e. The van der Waals surface area contributed by atoms with E-state index in [4.69, 9.17) is 9.47 Å². The Balaban J connectivity index is 1.20. The van der Waals surface area contributed by atoms with Crippen LogP contribution in [0.5, 0.6) is 11.5 Å². The number of benzene rings is 2. The summed E-state index contributed by atoms with van der Waals surface area (Å²) in [5.74, 6) is 1.38. The summed E-state index contributed by atoms with van der Waals surface area (Å²) >= 11 is 0. The summed E-state index contributed by atoms with van der Waals surface area (Å²) in [6.07, 6.45) is 3.40. The molecule has 27 heavy (non-hydrogen) atoms. The smallest absolute Gasteiger partial charge is 0.225 e. The topological polar surface area (TPSA) is 75.4 Å². The molecule has 3 aromatic rings. The number of hydrogen-bond donors (Lipinski definition) is 3. The second-order valence-electron chi connectivity index (χ2n) is 6.52. The van der Waals surface area contributed by atoms with E-state index in [2.05, 4.69) is 40.0 Å². The second-order valence-corrected chi connectivity index (χ2v) is 6.52. The number of carbonyl (C=O) groups excluding carboxylic acids is 1. The van der Waals surface area contributed by atoms with Gasteiger partial charge in [0.2, 0.25) is 5.91 Å². The van der Waals surface area contributed by atoms with Crippen LogP contribution in [0.25, 0.3) is 10.9 Å². The van der Waals surface area contributed by atoms with E-state index in [9.17, 15) is 4.79 Å². The number of anilines is 1. The van der Waals surface area contributed by atoms with Crippen LogP contribution in [0, 0.1) is 0 Å². The molecule has 1 amide bonds. The number of para-hydroxylation sites is 1. The summed E-state index contributed by atoms with van der Waals surface area (Å²) in [6, 6.07) is 13.7. The van der Waals surface area contributed by atoms with Gasteiger partial charge >= 0.3 is 0 Å². The molecule has 0 unspecified atom stereocenters. The van der Waals surface area contributed by atoms with E-state index in [0.717, 1.165) is 29.9 Å². The third-order valence-electron chi connectivity index (χ3n) is 4.60. The third kappa shape index (κ3) is 4.23. The number of hydrogen-bond acceptors (Lipinski definition) is 4. The van der Waals surface area contributed by atoms with E-state index in [1.807, 2.05) is 18.2 Å². The fourth-order valence-electron chi connectivity index (χ4n) is 3.23. The number of carbonyl (C=O) groups is 1. The highest BCUT2D eigenvalue weighted by molar-refractivity contribution is 5.91. The maximum Gasteiger partial charge on any atom is 0.225 e. The van der Waals surface area contributed by atoms with Crippen LogP contribution in [0.4, 0.5) is 5.69 Å². The Kier molecular flexibility index (Phi) is 5.25. The molecule has 0 radical (unpaired) electrons. The SMILES string of the molecule is O=C(CCNCCc1c[nH]c2ccccc12)Nc1ccc2c(c1)OCCO2. The highest BCUT2D eigenvalue weighted by Crippen LogP contribution is 2.32. The van der Waals surface area contributed by atoms with Crippen LogP contribution in [0.2, 0.25) is 0 Å². The Morgan fingerprint density at radius 1 is 1.04 bits per heavy atom. The van der Waals surface area contributed by atoms with Crippen molar-refractivity contribution >= 4 is 22.5 Å². The zero-order valence-electron chi connectivity index (χ0n) is 15.1. The lowest BCUT2D eigenvalue weighted by Gasteiger charge is -2.19. The number of H-pyrrole nitrogens is 1. The van der Waals surface area contributed by atoms with Crippen molar-refractivity contribution in [1.82, 2.24) is 10.3 Å². The highest BCUT2D eigenvalue weighted by Gasteiger charge is 2.12. The third-order valence-corrected chi connectivity index (χ3v) is 4.60. The number of amides is 1. The van der Waals surface area contributed by atoms with Gasteiger partial charge in [0.25, 0.3) is 0 Å². The molecular weight excluding hydrogens is 342 g/mol. The molecule has 0 fully saturated rings. The molecule has 1 aliphatic rings. The number of aromatic amines is 1. The zero-order chi connectivity index (χ0) is 18.5. The number of fused-ring (bicyclic) bond motifs is 2. The number of ether oxygens (including phenoxy) is 2. The molecule has 6 nitrogen and oxygen atoms in total. The standard InChI is InChI=1S/C21H23N3O3/c25-21(24-16-5-6-19-20(13-16)27-12-11-26-19)8-10-22-9-7-15-14-23-18-4-2-1-3-17(15)18/h1-6,13-14,22-23H,7-12H2,(H,24,25). The molecule has 4 rings (SSSR count). The van der Waals surface area contributed by atoms with Gasteiger partial charge in [-0.05, 0) is 36.7 Å². The molecule has 2 aromatic carbocycles. The predicted octanol–water partition coefficient (Wildman–Crippen LogP) is 3.10. The molecule has 0 atom stereocenters. The lowest BCUT2D eigenvalue weighted by molar-refractivity contribution is -0.116. The summed E-state index contributed by atoms with van der Waals surface area (Å²) in [5, 5.41) is 7.50. The van der Waals surface area contributed by atoms with Gasteiger partial charge in [-0.2, -0.15) is 0 Å². The molecule has 0 saturated heterocycles. The Morgan fingerprint density at radius 3 is 2.81 bits per heavy atom. The summed E-state index contributed by atoms with van der Waals surface area (Å²) in [5.41, 5.74) is 3.17. The Hall–Kier alpha value is -2.99. The van der Waals surface area contributed by atoms with Crippen LogP contribution in [0.1, 0.15) is 12.0 Å². The summed E-state index contributed by atoms with van der Waals surface area (Å²) < 4.78 is 11.0. The average Bonchev–Trinajstić information content (AvgIpc) is 3.11. The quantitative estimate of drug-likeness (QED) is 0.563. The molecule has 1 aliphatic heterocycles. The van der Waals surface area contributed by atoms with Gasteiger partial charge in [-0.3, -0.25) is 4.79 Å². The van der Waals surface area contributed by atoms with Crippen LogP contribution in [0.3, 0.4) is 0 Å². The normalized spacial score (nSPS) is 12.9. The first kappa shape index (κ1) is 17.4. The van der Waals surface area contributed by atoms with Gasteiger partial charge in [0.05, 0.1) is 0 Å². The van der Waals surface area contributed by atoms with Crippen molar-refractivity contribution in [3.8, 4) is 11.5 Å². The average molecular weight is 365 g/mol. The summed E-state index contributed by atoms with van der Waals surface area (Å²) in [4.78, 5) is 15.4. The Labute approximate surface area is 157 Å². The Bertz CT molecular complexity index is 935. The first-order valence-electron chi connectivity index (χ1n) is 9.25. The fourth-order valence-corrected chi connectivity index (χ4v) is 3.23. The molecule has 2 heterocycles. The zero-order valence-corrected chi connectivity index (χ0v) is 15.1. The first-order chi connectivity index (χ1) is 13.3. The van der Waals surface area contributed by atoms with Crippen molar-refractivity contribution in [2.75, 3.05) is 31.6 Å². The molecule has 0 saturated carbocycles. The molecular formula is C21H23N3O3. The molecule has 0 bridgehead atoms. The van der Waals surface area contributed by atoms with Crippen LogP contribution in [0.15, 0.2) is 48.7 Å². The van der Waals surface area contributed by atoms with Gasteiger partial charge in [0.15, 0.2) is 11.5 Å². The molecule has 1 aromatic heterocycles. The molecule has 3 N–H and O–H groups in total. The predicted molar refractivity (Wildman–Crippen MR) is 106 cm³/mol. The van der Waals surface area contributed by atoms with Gasteiger partial charge in [0.1, 0.15) is 13.2 Å². The van der Waals surface area contributed by atoms with Crippen molar-refractivity contribution < 1.29 is 14.3 Å². The monoisotopic (exact) mass is 365 g/mol. The van der Waals surface area contributed by atoms with Crippen LogP contribution >= 0.6 is 0 Å². The van der Waals surface area contributed by atoms with E-state index in [0.29, 0.717) is 31.9 Å². The van der Waals surface area contributed by atoms with Crippen molar-refractivity contribution in [1.29, 1.82) is 0 Å². The van der Waals surface area contributed by atoms with E-state index >= 15 is 0 Å². The first-order valence-corrected chi connectivity index (χ1v) is 9.25. The van der Waals surface area contributed by atoms with Crippen LogP contribution < -0.4 is 20.1 Å². The Morgan fingerprint density at radius 2 is 1.89 bits per heavy atom. The van der Waals surface area contributed by atoms with Crippen molar-refractivity contribution in [3.63, 3.8) is 0 Å². The van der Waals surface area contributed by atoms with Gasteiger partial charge in [-0.15, -0.1) is 0 Å². The second kappa shape index (κ2) is 8.14. The number of rotatable bonds is 7. The van der Waals surface area contributed by atoms with Crippen molar-refractivity contribution in [2.24, 2.45) is 0 Å². The minimum absolute atomic E-state index is 0.0220. The van der Waals surface area contributed by atoms with Gasteiger partial charge < -0.3 is 25.1 Å². The van der Waals surface area contributed by atoms with Gasteiger partial charge in [-0.1, -0.05) is 18.2 Å². The van der Waals surface area contributed by atoms with Crippen LogP contribution in [-0.4, -0.2) is 37.2 Å². The van der Waals surface area contributed by atoms with Crippen molar-refractivity contribution in [3.05, 3.63) is 54.2 Å². The highest BCUT2D eigenvalue weighted by atomic mass is 16.6. The maximum absolute atomic E-state index is 12.1. The van der Waals surface area contributed by atoms with E-state index < -0.39 is 0 Å². The fraction of sp³-hybridized carbons (Fsp3) is 0.286. The van der Waals surface area contributed by atoms with E-state index in [1.165, 1.54) is 10.9 Å². The largest absolute Gasteiger partial charge is 0.486 e. The molecule has 0 spiro atoms. The maximum atomic E-state index is 12.1. The van der Waals surface area contributed by atoms with E-state index in [-0.39, 0.29) is 5.91 Å². The lowest BCUT2D eigenvalue weighted by Crippen LogP contribution is -2.23. The number of nitrogens with one attached hydrogen (secondary N) is 3. The molecule has 140 valence electrons. The number of aromatic nitrogens is 1. The molecule has 0 aliphatic carbocycles. The summed E-state index contributed by atoms with van der Waals surface area (Å²) in [7, 11) is 0. The molecule has 6 heteroatoms. The van der Waals surface area contributed by atoms with Crippen LogP contribution in [-0.2, 0) is 11.2 Å². The van der Waals surface area contributed by atoms with Gasteiger partial charge in [0, 0.05) is 41.8 Å². The van der Waals surface area contributed by atoms with Crippen molar-refractivity contribution in [2.45, 2.75) is 12.8 Å². The lowest BCUT2D eigenvalue weighted by atomic mass is 10.1. The summed E-state index contributed by atoms with van der Waals surface area (Å²) in [6.45, 7) is 2.56. The van der Waals surface area contributed by atoms with E-state index in [1.54, 1.807) is 6.07 Å². The van der Waals surface area contributed by atoms with Gasteiger partial charge in [-0.25, -0.2) is 0 Å².